The first kappa shape index (κ1) is 23.7. The fraction of sp³-hybridized carbons (Fsp3) is 0.478. The van der Waals surface area contributed by atoms with Gasteiger partial charge in [0.1, 0.15) is 11.9 Å². The third kappa shape index (κ3) is 4.23. The van der Waals surface area contributed by atoms with Crippen LogP contribution in [0, 0.1) is 0 Å². The third-order valence-electron chi connectivity index (χ3n) is 6.37. The van der Waals surface area contributed by atoms with E-state index in [0.29, 0.717) is 41.1 Å². The van der Waals surface area contributed by atoms with E-state index in [9.17, 15) is 9.90 Å². The van der Waals surface area contributed by atoms with Crippen molar-refractivity contribution in [3.8, 4) is 17.0 Å². The number of aromatic nitrogens is 3. The number of piperidine rings is 1. The zero-order valence-corrected chi connectivity index (χ0v) is 19.4. The second kappa shape index (κ2) is 8.39. The molecule has 0 bridgehead atoms. The highest BCUT2D eigenvalue weighted by molar-refractivity contribution is 5.83. The molecule has 2 aliphatic heterocycles. The third-order valence-corrected chi connectivity index (χ3v) is 6.37. The number of aromatic hydroxyl groups is 1. The Hall–Kier alpha value is -3.47. The van der Waals surface area contributed by atoms with Gasteiger partial charge in [0, 0.05) is 34.8 Å². The van der Waals surface area contributed by atoms with Gasteiger partial charge >= 0.3 is 5.76 Å². The monoisotopic (exact) mass is 473 g/mol. The van der Waals surface area contributed by atoms with E-state index in [2.05, 4.69) is 34.3 Å². The van der Waals surface area contributed by atoms with Crippen molar-refractivity contribution in [3.05, 3.63) is 34.3 Å². The average Bonchev–Trinajstić information content (AvgIpc) is 3.31. The first-order chi connectivity index (χ1) is 16.0. The van der Waals surface area contributed by atoms with Crippen LogP contribution in [0.15, 0.2) is 27.4 Å². The molecular formula is C23H28FN5O5. The van der Waals surface area contributed by atoms with Crippen LogP contribution < -0.4 is 16.0 Å². The number of rotatable bonds is 2. The number of oxazole rings is 1. The summed E-state index contributed by atoms with van der Waals surface area (Å²) in [4.78, 5) is 24.3. The zero-order valence-electron chi connectivity index (χ0n) is 19.4. The number of hydrogen-bond donors (Lipinski definition) is 4. The number of hydrogen-bond acceptors (Lipinski definition) is 8. The van der Waals surface area contributed by atoms with Crippen molar-refractivity contribution in [1.29, 1.82) is 0 Å². The molecule has 2 aliphatic rings. The number of H-pyrrole nitrogens is 1. The molecule has 1 saturated heterocycles. The number of fused-ring (bicyclic) bond motifs is 2. The minimum absolute atomic E-state index is 0.0284. The molecule has 5 rings (SSSR count). The summed E-state index contributed by atoms with van der Waals surface area (Å²) < 4.78 is 20.5. The Labute approximate surface area is 194 Å². The first-order valence-corrected chi connectivity index (χ1v) is 11.0. The summed E-state index contributed by atoms with van der Waals surface area (Å²) >= 11 is 0. The topological polar surface area (TPSA) is 145 Å². The number of nitrogens with zero attached hydrogens (tertiary/aromatic N) is 3. The summed E-state index contributed by atoms with van der Waals surface area (Å²) in [5, 5.41) is 29.5. The maximum atomic E-state index is 15.4. The van der Waals surface area contributed by atoms with Crippen LogP contribution in [0.25, 0.3) is 22.4 Å². The molecule has 0 saturated carbocycles. The molecule has 2 aromatic heterocycles. The highest BCUT2D eigenvalue weighted by Gasteiger charge is 2.49. The van der Waals surface area contributed by atoms with Gasteiger partial charge in [0.2, 0.25) is 0 Å². The maximum absolute atomic E-state index is 15.4. The Bertz CT molecular complexity index is 1280. The number of benzene rings is 1. The van der Waals surface area contributed by atoms with Gasteiger partial charge in [-0.05, 0) is 52.7 Å². The van der Waals surface area contributed by atoms with E-state index < -0.39 is 17.5 Å². The molecule has 182 valence electrons. The first-order valence-electron chi connectivity index (χ1n) is 11.0. The summed E-state index contributed by atoms with van der Waals surface area (Å²) in [6, 6.07) is 4.58. The van der Waals surface area contributed by atoms with Crippen LogP contribution in [-0.2, 0) is 11.2 Å². The van der Waals surface area contributed by atoms with E-state index in [0.717, 1.165) is 12.0 Å². The fourth-order valence-corrected chi connectivity index (χ4v) is 5.21. The Kier molecular flexibility index (Phi) is 5.84. The van der Waals surface area contributed by atoms with E-state index >= 15 is 4.39 Å². The van der Waals surface area contributed by atoms with Crippen LogP contribution in [-0.4, -0.2) is 61.7 Å². The quantitative estimate of drug-likeness (QED) is 0.413. The molecule has 0 spiro atoms. The Morgan fingerprint density at radius 3 is 2.65 bits per heavy atom. The Morgan fingerprint density at radius 2 is 1.94 bits per heavy atom. The second-order valence-corrected chi connectivity index (χ2v) is 9.91. The van der Waals surface area contributed by atoms with Gasteiger partial charge in [-0.25, -0.2) is 9.18 Å². The molecule has 34 heavy (non-hydrogen) atoms. The standard InChI is InChI=1S/C22H26FN5O3.CH2O2/c1-21(2)10-15(18(23)22(3,4)27-21)28-6-5-11-7-13(25-26-19(11)28)12-8-17-14(9-16(12)29)24-20(30)31-17;2-1-3/h7-9,15,18,27,29H,5-6,10H2,1-4H3,(H,24,30);1H,(H,2,3)/t15-,18-;/m0./s1. The van der Waals surface area contributed by atoms with E-state index in [-0.39, 0.29) is 23.8 Å². The highest BCUT2D eigenvalue weighted by atomic mass is 19.1. The summed E-state index contributed by atoms with van der Waals surface area (Å²) in [5.74, 6) is 0.0776. The molecule has 1 aromatic carbocycles. The van der Waals surface area contributed by atoms with Crippen LogP contribution in [0.2, 0.25) is 0 Å². The minimum atomic E-state index is -1.06. The summed E-state index contributed by atoms with van der Waals surface area (Å²) in [7, 11) is 0. The molecule has 4 N–H and O–H groups in total. The summed E-state index contributed by atoms with van der Waals surface area (Å²) in [6.07, 6.45) is 0.318. The van der Waals surface area contributed by atoms with Crippen LogP contribution in [0.5, 0.6) is 5.75 Å². The van der Waals surface area contributed by atoms with E-state index in [1.54, 1.807) is 6.07 Å². The van der Waals surface area contributed by atoms with Crippen molar-refractivity contribution < 1.29 is 23.8 Å². The predicted molar refractivity (Wildman–Crippen MR) is 124 cm³/mol. The summed E-state index contributed by atoms with van der Waals surface area (Å²) in [5.41, 5.74) is 1.76. The lowest BCUT2D eigenvalue weighted by molar-refractivity contribution is -0.122. The molecule has 0 unspecified atom stereocenters. The second-order valence-electron chi connectivity index (χ2n) is 9.91. The normalized spacial score (nSPS) is 22.7. The lowest BCUT2D eigenvalue weighted by atomic mass is 9.77. The van der Waals surface area contributed by atoms with Crippen molar-refractivity contribution in [2.24, 2.45) is 0 Å². The molecule has 0 radical (unpaired) electrons. The van der Waals surface area contributed by atoms with Crippen molar-refractivity contribution >= 4 is 23.4 Å². The van der Waals surface area contributed by atoms with Crippen LogP contribution in [0.3, 0.4) is 0 Å². The van der Waals surface area contributed by atoms with Crippen LogP contribution >= 0.6 is 0 Å². The molecule has 11 heteroatoms. The fourth-order valence-electron chi connectivity index (χ4n) is 5.21. The Morgan fingerprint density at radius 1 is 1.24 bits per heavy atom. The molecule has 0 amide bonds. The summed E-state index contributed by atoms with van der Waals surface area (Å²) in [6.45, 7) is 8.41. The van der Waals surface area contributed by atoms with Crippen molar-refractivity contribution in [2.45, 2.75) is 63.8 Å². The number of carboxylic acid groups (broad SMARTS) is 1. The Balaban J connectivity index is 0.000000868. The van der Waals surface area contributed by atoms with Gasteiger partial charge in [0.05, 0.1) is 17.3 Å². The lowest BCUT2D eigenvalue weighted by Crippen LogP contribution is -2.69. The van der Waals surface area contributed by atoms with E-state index in [1.165, 1.54) is 6.07 Å². The van der Waals surface area contributed by atoms with Crippen LogP contribution in [0.1, 0.15) is 39.7 Å². The highest BCUT2D eigenvalue weighted by Crippen LogP contribution is 2.40. The SMILES string of the molecule is CC1(C)C[C@H](N2CCc3cc(-c4cc5oc(=O)[nH]c5cc4O)nnc32)[C@H](F)C(C)(C)N1.O=CO. The lowest BCUT2D eigenvalue weighted by Gasteiger charge is -2.51. The minimum Gasteiger partial charge on any atom is -0.507 e. The number of phenolic OH excluding ortho intramolecular Hbond substituents is 1. The van der Waals surface area contributed by atoms with Gasteiger partial charge in [-0.1, -0.05) is 0 Å². The van der Waals surface area contributed by atoms with Crippen molar-refractivity contribution in [2.75, 3.05) is 11.4 Å². The van der Waals surface area contributed by atoms with Gasteiger partial charge in [-0.15, -0.1) is 10.2 Å². The van der Waals surface area contributed by atoms with Gasteiger partial charge in [-0.3, -0.25) is 9.78 Å². The number of alkyl halides is 1. The van der Waals surface area contributed by atoms with Gasteiger partial charge in [0.15, 0.2) is 11.4 Å². The predicted octanol–water partition coefficient (Wildman–Crippen LogP) is 2.60. The number of aromatic amines is 1. The molecule has 4 heterocycles. The van der Waals surface area contributed by atoms with Gasteiger partial charge in [-0.2, -0.15) is 0 Å². The number of anilines is 1. The molecule has 3 aromatic rings. The molecule has 2 atom stereocenters. The average molecular weight is 474 g/mol. The van der Waals surface area contributed by atoms with E-state index in [4.69, 9.17) is 14.3 Å². The van der Waals surface area contributed by atoms with E-state index in [1.807, 2.05) is 24.8 Å². The number of phenols is 1. The van der Waals surface area contributed by atoms with Crippen LogP contribution in [0.4, 0.5) is 10.2 Å². The number of nitrogens with one attached hydrogen (secondary N) is 2. The van der Waals surface area contributed by atoms with Gasteiger partial charge in [0.25, 0.3) is 6.47 Å². The largest absolute Gasteiger partial charge is 0.507 e. The van der Waals surface area contributed by atoms with Crippen molar-refractivity contribution in [1.82, 2.24) is 20.5 Å². The molecule has 0 aliphatic carbocycles. The number of halogens is 1. The zero-order chi connectivity index (χ0) is 24.8. The number of carbonyl (C=O) groups is 1. The molecular weight excluding hydrogens is 445 g/mol. The molecule has 1 fully saturated rings. The maximum Gasteiger partial charge on any atom is 0.417 e. The smallest absolute Gasteiger partial charge is 0.417 e. The van der Waals surface area contributed by atoms with Crippen molar-refractivity contribution in [3.63, 3.8) is 0 Å². The molecule has 10 nitrogen and oxygen atoms in total. The van der Waals surface area contributed by atoms with Gasteiger partial charge < -0.3 is 24.8 Å².